The summed E-state index contributed by atoms with van der Waals surface area (Å²) in [4.78, 5) is 48.5. The number of halogens is 1. The van der Waals surface area contributed by atoms with Crippen LogP contribution in [-0.2, 0) is 27.4 Å². The molecule has 2 fully saturated rings. The van der Waals surface area contributed by atoms with Gasteiger partial charge in [-0.15, -0.1) is 12.4 Å². The molecule has 4 aliphatic heterocycles. The van der Waals surface area contributed by atoms with Crippen LogP contribution in [-0.4, -0.2) is 118 Å². The molecule has 0 unspecified atom stereocenters. The number of amides is 2. The molecule has 6 heterocycles. The van der Waals surface area contributed by atoms with Gasteiger partial charge in [0.1, 0.15) is 24.9 Å². The Kier molecular flexibility index (Phi) is 23.8. The standard InChI is InChI=1S/C24H31N3O3.C19H23N3O2.C9H17NO4.2CH4.ClH/c1-3-17(2)23(28)26-20-10-13-27(14-11-20)15-18-6-8-19(9-7-18)22-16-29-21-5-4-12-25-24(21)30-22;20-16-7-10-22(11-8-16)12-14-3-5-15(6-4-14)18-13-23-17-2-1-9-21-19(17)24-18;1-6(7(11)12)10(5)8(13)14-9(2,3)4;;;/h4-9,12,17,20,22H,3,10-11,13-16H2,1-2H3,(H,26,28);1-6,9,16,18H,7-8,10-13,20H2;6H,1-5H3,(H,11,12);2*1H4;1H/t17-,22+;18-;6-;;;/m011.../s1. The smallest absolute Gasteiger partial charge is 0.410 e. The Bertz CT molecular complexity index is 2230. The lowest BCUT2D eigenvalue weighted by atomic mass is 10.0. The minimum absolute atomic E-state index is 0. The van der Waals surface area contributed by atoms with Crippen LogP contribution in [0, 0.1) is 5.92 Å². The van der Waals surface area contributed by atoms with Crippen molar-refractivity contribution in [1.29, 1.82) is 0 Å². The number of pyridine rings is 2. The number of benzene rings is 2. The van der Waals surface area contributed by atoms with Crippen LogP contribution >= 0.6 is 12.4 Å². The third kappa shape index (κ3) is 18.1. The zero-order valence-corrected chi connectivity index (χ0v) is 42.0. The molecule has 0 aliphatic carbocycles. The predicted molar refractivity (Wildman–Crippen MR) is 279 cm³/mol. The van der Waals surface area contributed by atoms with E-state index in [2.05, 4.69) is 80.5 Å². The van der Waals surface area contributed by atoms with Crippen LogP contribution in [0.4, 0.5) is 4.79 Å². The number of aliphatic carboxylic acids is 1. The second-order valence-corrected chi connectivity index (χ2v) is 19.0. The SMILES string of the molecule is C.C.CC[C@H](C)C(=O)NC1CCN(Cc2ccc([C@H]3COc4cccnc4O3)cc2)CC1.C[C@H](C(=O)O)N(C)C(=O)OC(C)(C)C.Cl.NC1CCN(Cc2ccc([C@H]3COc4cccnc4O3)cc2)CC1. The largest absolute Gasteiger partial charge is 0.484 e. The van der Waals surface area contributed by atoms with Gasteiger partial charge in [-0.2, -0.15) is 0 Å². The van der Waals surface area contributed by atoms with Gasteiger partial charge < -0.3 is 39.8 Å². The minimum Gasteiger partial charge on any atom is -0.484 e. The number of carboxylic acid groups (broad SMARTS) is 1. The summed E-state index contributed by atoms with van der Waals surface area (Å²) in [6.45, 7) is 17.8. The van der Waals surface area contributed by atoms with Crippen LogP contribution in [0.1, 0.15) is 123 Å². The van der Waals surface area contributed by atoms with E-state index in [1.54, 1.807) is 33.2 Å². The van der Waals surface area contributed by atoms with Gasteiger partial charge in [-0.05, 0) is 119 Å². The minimum atomic E-state index is -1.06. The van der Waals surface area contributed by atoms with E-state index in [9.17, 15) is 14.4 Å². The van der Waals surface area contributed by atoms with Gasteiger partial charge in [0.15, 0.2) is 23.7 Å². The molecule has 17 heteroatoms. The molecule has 2 amide bonds. The monoisotopic (exact) mass is 1010 g/mol. The van der Waals surface area contributed by atoms with E-state index in [-0.39, 0.29) is 51.3 Å². The molecule has 4 atom stereocenters. The Morgan fingerprint density at radius 2 is 1.21 bits per heavy atom. The number of carbonyl (C=O) groups excluding carboxylic acids is 2. The first kappa shape index (κ1) is 59.6. The van der Waals surface area contributed by atoms with Crippen LogP contribution in [0.2, 0.25) is 0 Å². The molecule has 0 radical (unpaired) electrons. The van der Waals surface area contributed by atoms with Gasteiger partial charge in [0.25, 0.3) is 11.8 Å². The van der Waals surface area contributed by atoms with E-state index in [0.717, 1.165) is 87.4 Å². The van der Waals surface area contributed by atoms with Gasteiger partial charge in [0.05, 0.1) is 0 Å². The molecular formula is C54H80ClN7O9. The molecule has 8 rings (SSSR count). The second kappa shape index (κ2) is 28.4. The maximum absolute atomic E-state index is 12.1. The van der Waals surface area contributed by atoms with Crippen LogP contribution in [0.5, 0.6) is 23.3 Å². The normalized spacial score (nSPS) is 18.6. The first-order valence-electron chi connectivity index (χ1n) is 23.9. The van der Waals surface area contributed by atoms with Gasteiger partial charge in [-0.25, -0.2) is 19.6 Å². The Labute approximate surface area is 428 Å². The Morgan fingerprint density at radius 3 is 1.62 bits per heavy atom. The number of hydrogen-bond acceptors (Lipinski definition) is 13. The van der Waals surface area contributed by atoms with Crippen molar-refractivity contribution in [3.05, 3.63) is 107 Å². The molecule has 2 aromatic heterocycles. The van der Waals surface area contributed by atoms with Crippen molar-refractivity contribution in [2.24, 2.45) is 11.7 Å². The highest BCUT2D eigenvalue weighted by Crippen LogP contribution is 2.35. The van der Waals surface area contributed by atoms with Crippen molar-refractivity contribution in [2.75, 3.05) is 46.4 Å². The third-order valence-corrected chi connectivity index (χ3v) is 12.5. The highest BCUT2D eigenvalue weighted by Gasteiger charge is 2.28. The van der Waals surface area contributed by atoms with E-state index >= 15 is 0 Å². The number of piperidine rings is 2. The number of aromatic nitrogens is 2. The van der Waals surface area contributed by atoms with Gasteiger partial charge in [-0.3, -0.25) is 19.5 Å². The lowest BCUT2D eigenvalue weighted by Crippen LogP contribution is -2.45. The summed E-state index contributed by atoms with van der Waals surface area (Å²) >= 11 is 0. The number of nitrogens with zero attached hydrogens (tertiary/aromatic N) is 5. The van der Waals surface area contributed by atoms with Crippen LogP contribution in [0.15, 0.2) is 85.2 Å². The molecule has 4 aliphatic rings. The summed E-state index contributed by atoms with van der Waals surface area (Å²) in [7, 11) is 1.40. The van der Waals surface area contributed by atoms with Crippen molar-refractivity contribution in [3.63, 3.8) is 0 Å². The highest BCUT2D eigenvalue weighted by molar-refractivity contribution is 5.85. The number of likely N-dealkylation sites (tertiary alicyclic amines) is 2. The topological polar surface area (TPSA) is 191 Å². The fourth-order valence-corrected chi connectivity index (χ4v) is 7.87. The lowest BCUT2D eigenvalue weighted by molar-refractivity contribution is -0.142. The number of hydrogen-bond donors (Lipinski definition) is 3. The first-order chi connectivity index (χ1) is 32.5. The fourth-order valence-electron chi connectivity index (χ4n) is 7.87. The number of likely N-dealkylation sites (N-methyl/N-ethyl adjacent to an activating group) is 1. The molecule has 2 aromatic carbocycles. The van der Waals surface area contributed by atoms with E-state index < -0.39 is 23.7 Å². The van der Waals surface area contributed by atoms with Crippen molar-refractivity contribution in [2.45, 2.75) is 138 Å². The Morgan fingerprint density at radius 1 is 0.775 bits per heavy atom. The number of nitrogens with two attached hydrogens (primary N) is 1. The Balaban J connectivity index is 0.000000293. The molecule has 2 saturated heterocycles. The van der Waals surface area contributed by atoms with E-state index in [1.165, 1.54) is 25.1 Å². The number of nitrogens with one attached hydrogen (secondary N) is 1. The molecule has 0 saturated carbocycles. The fraction of sp³-hybridized carbons (Fsp3) is 0.537. The quantitative estimate of drug-likeness (QED) is 0.129. The average molecular weight is 1010 g/mol. The zero-order chi connectivity index (χ0) is 48.8. The molecule has 0 spiro atoms. The summed E-state index contributed by atoms with van der Waals surface area (Å²) in [6.07, 6.45) is 7.68. The molecular weight excluding hydrogens is 926 g/mol. The van der Waals surface area contributed by atoms with Crippen molar-refractivity contribution < 1.29 is 43.2 Å². The van der Waals surface area contributed by atoms with E-state index in [1.807, 2.05) is 31.2 Å². The van der Waals surface area contributed by atoms with Crippen LogP contribution < -0.4 is 30.0 Å². The van der Waals surface area contributed by atoms with Crippen molar-refractivity contribution in [3.8, 4) is 23.3 Å². The first-order valence-corrected chi connectivity index (χ1v) is 23.9. The zero-order valence-electron chi connectivity index (χ0n) is 41.2. The summed E-state index contributed by atoms with van der Waals surface area (Å²) in [6, 6.07) is 24.5. The molecule has 4 N–H and O–H groups in total. The number of ether oxygens (including phenoxy) is 5. The van der Waals surface area contributed by atoms with Gasteiger partial charge >= 0.3 is 12.1 Å². The summed E-state index contributed by atoms with van der Waals surface area (Å²) in [5.41, 5.74) is 10.2. The average Bonchev–Trinajstić information content (AvgIpc) is 3.34. The maximum atomic E-state index is 12.1. The lowest BCUT2D eigenvalue weighted by Gasteiger charge is -2.33. The Hall–Kier alpha value is -5.68. The van der Waals surface area contributed by atoms with E-state index in [0.29, 0.717) is 48.6 Å². The van der Waals surface area contributed by atoms with Gasteiger partial charge in [0.2, 0.25) is 5.91 Å². The molecule has 4 aromatic rings. The van der Waals surface area contributed by atoms with Crippen molar-refractivity contribution in [1.82, 2.24) is 30.0 Å². The molecule has 392 valence electrons. The summed E-state index contributed by atoms with van der Waals surface area (Å²) < 4.78 is 28.5. The molecule has 0 bridgehead atoms. The number of carbonyl (C=O) groups is 3. The van der Waals surface area contributed by atoms with Crippen molar-refractivity contribution >= 4 is 30.4 Å². The van der Waals surface area contributed by atoms with Crippen LogP contribution in [0.25, 0.3) is 0 Å². The highest BCUT2D eigenvalue weighted by atomic mass is 35.5. The number of carboxylic acids is 1. The summed E-state index contributed by atoms with van der Waals surface area (Å²) in [5.74, 6) is 1.78. The maximum Gasteiger partial charge on any atom is 0.410 e. The van der Waals surface area contributed by atoms with Gasteiger partial charge in [-0.1, -0.05) is 77.2 Å². The van der Waals surface area contributed by atoms with Crippen LogP contribution in [0.3, 0.4) is 0 Å². The number of rotatable bonds is 11. The molecule has 71 heavy (non-hydrogen) atoms. The van der Waals surface area contributed by atoms with E-state index in [4.69, 9.17) is 34.5 Å². The summed E-state index contributed by atoms with van der Waals surface area (Å²) in [5, 5.41) is 11.9. The third-order valence-electron chi connectivity index (χ3n) is 12.5. The predicted octanol–water partition coefficient (Wildman–Crippen LogP) is 9.26. The number of fused-ring (bicyclic) bond motifs is 2. The molecule has 16 nitrogen and oxygen atoms in total. The van der Waals surface area contributed by atoms with Gasteiger partial charge in [0, 0.05) is 63.6 Å². The second-order valence-electron chi connectivity index (χ2n) is 19.0.